The molecule has 94 valence electrons. The van der Waals surface area contributed by atoms with Crippen LogP contribution in [-0.4, -0.2) is 15.3 Å². The lowest BCUT2D eigenvalue weighted by molar-refractivity contribution is 0.0998. The maximum Gasteiger partial charge on any atom is 0.271 e. The SMILES string of the molecule is NC(=O)c1cnc2scc(-c3ccccc3)n2c1=O. The lowest BCUT2D eigenvalue weighted by atomic mass is 10.2. The Morgan fingerprint density at radius 1 is 1.26 bits per heavy atom. The summed E-state index contributed by atoms with van der Waals surface area (Å²) < 4.78 is 1.42. The number of benzene rings is 1. The first-order valence-electron chi connectivity index (χ1n) is 5.53. The number of amides is 1. The summed E-state index contributed by atoms with van der Waals surface area (Å²) >= 11 is 1.34. The molecule has 0 atom stereocenters. The number of thiazole rings is 1. The standard InChI is InChI=1S/C13H9N3O2S/c14-11(17)9-6-15-13-16(12(9)18)10(7-19-13)8-4-2-1-3-5-8/h1-7H,(H2,14,17). The molecule has 0 aliphatic rings. The molecule has 19 heavy (non-hydrogen) atoms. The molecule has 1 amide bonds. The summed E-state index contributed by atoms with van der Waals surface area (Å²) in [5.74, 6) is -0.767. The summed E-state index contributed by atoms with van der Waals surface area (Å²) in [6, 6.07) is 9.45. The quantitative estimate of drug-likeness (QED) is 0.767. The molecule has 3 rings (SSSR count). The van der Waals surface area contributed by atoms with E-state index < -0.39 is 11.5 Å². The van der Waals surface area contributed by atoms with Crippen LogP contribution < -0.4 is 11.3 Å². The van der Waals surface area contributed by atoms with Crippen molar-refractivity contribution in [1.82, 2.24) is 9.38 Å². The highest BCUT2D eigenvalue weighted by Gasteiger charge is 2.14. The fraction of sp³-hybridized carbons (Fsp3) is 0. The van der Waals surface area contributed by atoms with Crippen LogP contribution in [-0.2, 0) is 0 Å². The predicted molar refractivity (Wildman–Crippen MR) is 73.3 cm³/mol. The molecule has 1 aromatic carbocycles. The van der Waals surface area contributed by atoms with E-state index >= 15 is 0 Å². The van der Waals surface area contributed by atoms with Crippen LogP contribution in [0.2, 0.25) is 0 Å². The minimum atomic E-state index is -0.767. The van der Waals surface area contributed by atoms with Gasteiger partial charge >= 0.3 is 0 Å². The topological polar surface area (TPSA) is 77.5 Å². The summed E-state index contributed by atoms with van der Waals surface area (Å²) in [7, 11) is 0. The first-order valence-corrected chi connectivity index (χ1v) is 6.41. The third kappa shape index (κ3) is 1.82. The fourth-order valence-corrected chi connectivity index (χ4v) is 2.73. The van der Waals surface area contributed by atoms with Crippen molar-refractivity contribution in [3.05, 3.63) is 57.8 Å². The molecule has 2 heterocycles. The van der Waals surface area contributed by atoms with Gasteiger partial charge in [0.1, 0.15) is 5.56 Å². The normalized spacial score (nSPS) is 10.7. The van der Waals surface area contributed by atoms with E-state index in [0.29, 0.717) is 10.7 Å². The number of carbonyl (C=O) groups is 1. The van der Waals surface area contributed by atoms with Gasteiger partial charge < -0.3 is 5.73 Å². The van der Waals surface area contributed by atoms with Crippen LogP contribution in [0.15, 0.2) is 46.7 Å². The summed E-state index contributed by atoms with van der Waals surface area (Å²) in [6.45, 7) is 0. The van der Waals surface area contributed by atoms with Crippen molar-refractivity contribution in [2.75, 3.05) is 0 Å². The van der Waals surface area contributed by atoms with E-state index in [4.69, 9.17) is 5.73 Å². The molecule has 0 aliphatic carbocycles. The van der Waals surface area contributed by atoms with Crippen molar-refractivity contribution in [3.63, 3.8) is 0 Å². The fourth-order valence-electron chi connectivity index (χ4n) is 1.87. The number of nitrogens with two attached hydrogens (primary N) is 1. The Labute approximate surface area is 112 Å². The second-order valence-electron chi connectivity index (χ2n) is 3.95. The highest BCUT2D eigenvalue weighted by atomic mass is 32.1. The number of carbonyl (C=O) groups excluding carboxylic acids is 1. The molecule has 0 unspecified atom stereocenters. The van der Waals surface area contributed by atoms with Gasteiger partial charge in [-0.2, -0.15) is 0 Å². The predicted octanol–water partition coefficient (Wildman–Crippen LogP) is 1.52. The number of nitrogens with zero attached hydrogens (tertiary/aromatic N) is 2. The Bertz CT molecular complexity index is 821. The molecule has 0 spiro atoms. The number of aromatic nitrogens is 2. The van der Waals surface area contributed by atoms with Gasteiger partial charge in [0, 0.05) is 11.6 Å². The molecule has 3 aromatic rings. The van der Waals surface area contributed by atoms with Crippen molar-refractivity contribution < 1.29 is 4.79 Å². The maximum absolute atomic E-state index is 12.3. The van der Waals surface area contributed by atoms with Gasteiger partial charge in [-0.25, -0.2) is 4.98 Å². The van der Waals surface area contributed by atoms with E-state index in [-0.39, 0.29) is 5.56 Å². The summed E-state index contributed by atoms with van der Waals surface area (Å²) in [5, 5.41) is 1.84. The molecule has 0 saturated carbocycles. The molecule has 0 fully saturated rings. The Morgan fingerprint density at radius 2 is 2.00 bits per heavy atom. The Balaban J connectivity index is 2.37. The van der Waals surface area contributed by atoms with Gasteiger partial charge in [0.05, 0.1) is 5.69 Å². The Hall–Kier alpha value is -2.47. The second-order valence-corrected chi connectivity index (χ2v) is 4.78. The molecule has 0 aliphatic heterocycles. The van der Waals surface area contributed by atoms with E-state index in [2.05, 4.69) is 4.98 Å². The first kappa shape index (κ1) is 11.6. The maximum atomic E-state index is 12.3. The number of fused-ring (bicyclic) bond motifs is 1. The zero-order valence-corrected chi connectivity index (χ0v) is 10.6. The van der Waals surface area contributed by atoms with Crippen molar-refractivity contribution in [2.24, 2.45) is 5.73 Å². The zero-order valence-electron chi connectivity index (χ0n) is 9.74. The van der Waals surface area contributed by atoms with Crippen LogP contribution in [0.3, 0.4) is 0 Å². The van der Waals surface area contributed by atoms with Gasteiger partial charge in [0.15, 0.2) is 4.96 Å². The van der Waals surface area contributed by atoms with Gasteiger partial charge in [0.2, 0.25) is 0 Å². The van der Waals surface area contributed by atoms with Crippen molar-refractivity contribution in [2.45, 2.75) is 0 Å². The molecule has 5 nitrogen and oxygen atoms in total. The van der Waals surface area contributed by atoms with Crippen molar-refractivity contribution in [1.29, 1.82) is 0 Å². The van der Waals surface area contributed by atoms with Gasteiger partial charge in [-0.3, -0.25) is 14.0 Å². The third-order valence-corrected chi connectivity index (χ3v) is 3.62. The highest BCUT2D eigenvalue weighted by Crippen LogP contribution is 2.23. The van der Waals surface area contributed by atoms with E-state index in [9.17, 15) is 9.59 Å². The largest absolute Gasteiger partial charge is 0.365 e. The van der Waals surface area contributed by atoms with Gasteiger partial charge in [-0.05, 0) is 5.56 Å². The molecule has 0 bridgehead atoms. The molecular weight excluding hydrogens is 262 g/mol. The van der Waals surface area contributed by atoms with Crippen LogP contribution in [0, 0.1) is 0 Å². The molecule has 0 radical (unpaired) electrons. The highest BCUT2D eigenvalue weighted by molar-refractivity contribution is 7.15. The van der Waals surface area contributed by atoms with Crippen LogP contribution in [0.4, 0.5) is 0 Å². The number of hydrogen-bond donors (Lipinski definition) is 1. The average Bonchev–Trinajstić information content (AvgIpc) is 2.84. The summed E-state index contributed by atoms with van der Waals surface area (Å²) in [6.07, 6.45) is 1.23. The van der Waals surface area contributed by atoms with E-state index in [1.807, 2.05) is 35.7 Å². The van der Waals surface area contributed by atoms with Crippen LogP contribution in [0.1, 0.15) is 10.4 Å². The number of rotatable bonds is 2. The van der Waals surface area contributed by atoms with Gasteiger partial charge in [-0.1, -0.05) is 30.3 Å². The molecular formula is C13H9N3O2S. The third-order valence-electron chi connectivity index (χ3n) is 2.78. The number of hydrogen-bond acceptors (Lipinski definition) is 4. The zero-order chi connectivity index (χ0) is 13.4. The van der Waals surface area contributed by atoms with Crippen LogP contribution >= 0.6 is 11.3 Å². The van der Waals surface area contributed by atoms with Crippen LogP contribution in [0.25, 0.3) is 16.2 Å². The van der Waals surface area contributed by atoms with E-state index in [0.717, 1.165) is 5.56 Å². The first-order chi connectivity index (χ1) is 9.18. The minimum absolute atomic E-state index is 0.104. The second kappa shape index (κ2) is 4.33. The molecule has 6 heteroatoms. The Morgan fingerprint density at radius 3 is 2.68 bits per heavy atom. The van der Waals surface area contributed by atoms with Gasteiger partial charge in [0.25, 0.3) is 11.5 Å². The minimum Gasteiger partial charge on any atom is -0.365 e. The van der Waals surface area contributed by atoms with Gasteiger partial charge in [-0.15, -0.1) is 11.3 Å². The lowest BCUT2D eigenvalue weighted by Gasteiger charge is -2.02. The smallest absolute Gasteiger partial charge is 0.271 e. The van der Waals surface area contributed by atoms with E-state index in [1.165, 1.54) is 21.9 Å². The molecule has 2 N–H and O–H groups in total. The number of primary amides is 1. The Kier molecular flexibility index (Phi) is 2.64. The van der Waals surface area contributed by atoms with E-state index in [1.54, 1.807) is 0 Å². The van der Waals surface area contributed by atoms with Crippen molar-refractivity contribution in [3.8, 4) is 11.3 Å². The monoisotopic (exact) mass is 271 g/mol. The average molecular weight is 271 g/mol. The summed E-state index contributed by atoms with van der Waals surface area (Å²) in [5.41, 5.74) is 6.24. The van der Waals surface area contributed by atoms with Crippen molar-refractivity contribution >= 4 is 22.2 Å². The lowest BCUT2D eigenvalue weighted by Crippen LogP contribution is -2.26. The molecule has 0 saturated heterocycles. The summed E-state index contributed by atoms with van der Waals surface area (Å²) in [4.78, 5) is 28.1. The molecule has 2 aromatic heterocycles. The van der Waals surface area contributed by atoms with Crippen LogP contribution in [0.5, 0.6) is 0 Å².